The molecule has 2 nitrogen and oxygen atoms in total. The third-order valence-electron chi connectivity index (χ3n) is 16.5. The number of rotatable bonds is 3. The van der Waals surface area contributed by atoms with Gasteiger partial charge in [0, 0.05) is 49.0 Å². The van der Waals surface area contributed by atoms with E-state index in [1.807, 2.05) is 0 Å². The van der Waals surface area contributed by atoms with Crippen LogP contribution < -0.4 is 0 Å². The summed E-state index contributed by atoms with van der Waals surface area (Å²) in [5, 5.41) is 10.3. The second kappa shape index (κ2) is 12.9. The van der Waals surface area contributed by atoms with Crippen LogP contribution in [0.1, 0.15) is 45.9 Å². The minimum Gasteiger partial charge on any atom is -0.355 e. The zero-order chi connectivity index (χ0) is 44.5. The first-order valence-electron chi connectivity index (χ1n) is 24.0. The maximum atomic E-state index is 3.89. The van der Waals surface area contributed by atoms with Crippen molar-refractivity contribution in [1.82, 2.24) is 9.97 Å². The minimum atomic E-state index is -0.490. The topological polar surface area (TPSA) is 31.6 Å². The van der Waals surface area contributed by atoms with Gasteiger partial charge in [-0.3, -0.25) is 0 Å². The summed E-state index contributed by atoms with van der Waals surface area (Å²) in [5.74, 6) is 0. The summed E-state index contributed by atoms with van der Waals surface area (Å²) in [6.07, 6.45) is 0.837. The number of para-hydroxylation sites is 1. The van der Waals surface area contributed by atoms with Crippen LogP contribution in [0.3, 0.4) is 0 Å². The number of nitrogens with one attached hydrogen (secondary N) is 2. The largest absolute Gasteiger partial charge is 0.355 e. The van der Waals surface area contributed by atoms with E-state index in [4.69, 9.17) is 0 Å². The van der Waals surface area contributed by atoms with Gasteiger partial charge in [0.25, 0.3) is 0 Å². The molecule has 3 aliphatic rings. The molecule has 0 saturated heterocycles. The van der Waals surface area contributed by atoms with Gasteiger partial charge in [-0.25, -0.2) is 0 Å². The predicted molar refractivity (Wildman–Crippen MR) is 284 cm³/mol. The molecule has 0 bridgehead atoms. The van der Waals surface area contributed by atoms with Gasteiger partial charge in [-0.2, -0.15) is 0 Å². The van der Waals surface area contributed by atoms with Crippen molar-refractivity contribution in [3.05, 3.63) is 251 Å². The molecule has 2 aromatic heterocycles. The van der Waals surface area contributed by atoms with E-state index in [0.717, 1.165) is 6.42 Å². The van der Waals surface area contributed by atoms with Gasteiger partial charge in [0.15, 0.2) is 0 Å². The SMILES string of the molecule is CC1(Cc2cc3c(c4ccccc24)C2(c4ccccc4-c4ccccc42)c2cc4[nH]c5ccccc5c4cc2-3)c2cc3[nH]c4ccc(-c5ccccc5)cc4c3cc2-c2ccc3ccccc3c21. The van der Waals surface area contributed by atoms with Crippen molar-refractivity contribution < 1.29 is 0 Å². The summed E-state index contributed by atoms with van der Waals surface area (Å²) in [5.41, 5.74) is 24.0. The van der Waals surface area contributed by atoms with Crippen LogP contribution in [0.25, 0.3) is 110 Å². The second-order valence-corrected chi connectivity index (χ2v) is 19.9. The lowest BCUT2D eigenvalue weighted by molar-refractivity contribution is 0.590. The fourth-order valence-corrected chi connectivity index (χ4v) is 13.8. The van der Waals surface area contributed by atoms with Crippen molar-refractivity contribution in [1.29, 1.82) is 0 Å². The number of hydrogen-bond donors (Lipinski definition) is 2. The van der Waals surface area contributed by atoms with E-state index in [0.29, 0.717) is 0 Å². The molecule has 2 N–H and O–H groups in total. The number of aromatic amines is 2. The van der Waals surface area contributed by atoms with Gasteiger partial charge in [0.1, 0.15) is 0 Å². The van der Waals surface area contributed by atoms with E-state index < -0.39 is 5.41 Å². The summed E-state index contributed by atoms with van der Waals surface area (Å²) in [4.78, 5) is 7.75. The number of aromatic nitrogens is 2. The summed E-state index contributed by atoms with van der Waals surface area (Å²) < 4.78 is 0. The van der Waals surface area contributed by atoms with Gasteiger partial charge in [-0.15, -0.1) is 0 Å². The molecule has 316 valence electrons. The third-order valence-corrected chi connectivity index (χ3v) is 16.5. The van der Waals surface area contributed by atoms with Gasteiger partial charge in [0.05, 0.1) is 5.41 Å². The molecule has 2 heterocycles. The van der Waals surface area contributed by atoms with E-state index in [9.17, 15) is 0 Å². The Kier molecular flexibility index (Phi) is 6.97. The van der Waals surface area contributed by atoms with Crippen LogP contribution in [0.15, 0.2) is 212 Å². The van der Waals surface area contributed by atoms with Crippen LogP contribution in [-0.2, 0) is 17.3 Å². The van der Waals surface area contributed by atoms with Crippen molar-refractivity contribution >= 4 is 65.2 Å². The highest BCUT2D eigenvalue weighted by Crippen LogP contribution is 2.65. The summed E-state index contributed by atoms with van der Waals surface area (Å²) in [6.45, 7) is 2.53. The van der Waals surface area contributed by atoms with Gasteiger partial charge < -0.3 is 9.97 Å². The Morgan fingerprint density at radius 2 is 0.912 bits per heavy atom. The lowest BCUT2D eigenvalue weighted by Gasteiger charge is -2.33. The minimum absolute atomic E-state index is 0.351. The molecule has 0 saturated carbocycles. The van der Waals surface area contributed by atoms with Gasteiger partial charge in [0.2, 0.25) is 0 Å². The smallest absolute Gasteiger partial charge is 0.0732 e. The molecule has 0 aliphatic heterocycles. The number of fused-ring (bicyclic) bond motifs is 23. The van der Waals surface area contributed by atoms with E-state index in [1.54, 1.807) is 0 Å². The van der Waals surface area contributed by atoms with Crippen LogP contribution in [0.5, 0.6) is 0 Å². The average Bonchev–Trinajstić information content (AvgIpc) is 4.16. The molecular weight excluding hydrogens is 821 g/mol. The molecule has 11 aromatic carbocycles. The Hall–Kier alpha value is -8.46. The Bertz CT molecular complexity index is 4330. The van der Waals surface area contributed by atoms with Crippen LogP contribution in [0.4, 0.5) is 0 Å². The molecule has 3 aliphatic carbocycles. The summed E-state index contributed by atoms with van der Waals surface area (Å²) in [6, 6.07) is 80.6. The monoisotopic (exact) mass is 862 g/mol. The van der Waals surface area contributed by atoms with Gasteiger partial charge >= 0.3 is 0 Å². The zero-order valence-corrected chi connectivity index (χ0v) is 37.4. The molecule has 13 aromatic rings. The van der Waals surface area contributed by atoms with Crippen molar-refractivity contribution in [3.63, 3.8) is 0 Å². The molecule has 2 heteroatoms. The van der Waals surface area contributed by atoms with Crippen LogP contribution in [0, 0.1) is 0 Å². The van der Waals surface area contributed by atoms with Crippen LogP contribution in [0.2, 0.25) is 0 Å². The molecule has 68 heavy (non-hydrogen) atoms. The zero-order valence-electron chi connectivity index (χ0n) is 37.4. The van der Waals surface area contributed by atoms with E-state index in [-0.39, 0.29) is 5.41 Å². The number of H-pyrrole nitrogens is 2. The molecule has 16 rings (SSSR count). The van der Waals surface area contributed by atoms with E-state index in [1.165, 1.54) is 149 Å². The fraction of sp³-hybridized carbons (Fsp3) is 0.0606. The number of benzene rings is 11. The lowest BCUT2D eigenvalue weighted by atomic mass is 9.68. The first kappa shape index (κ1) is 36.7. The maximum absolute atomic E-state index is 3.89. The highest BCUT2D eigenvalue weighted by Gasteiger charge is 2.53. The molecule has 0 amide bonds. The van der Waals surface area contributed by atoms with Crippen molar-refractivity contribution in [3.8, 4) is 44.5 Å². The van der Waals surface area contributed by atoms with Crippen molar-refractivity contribution in [2.45, 2.75) is 24.2 Å². The quantitative estimate of drug-likeness (QED) is 0.177. The highest BCUT2D eigenvalue weighted by atomic mass is 14.7. The molecule has 0 fully saturated rings. The van der Waals surface area contributed by atoms with E-state index in [2.05, 4.69) is 229 Å². The highest BCUT2D eigenvalue weighted by molar-refractivity contribution is 6.14. The maximum Gasteiger partial charge on any atom is 0.0732 e. The Labute approximate surface area is 393 Å². The third kappa shape index (κ3) is 4.53. The predicted octanol–water partition coefficient (Wildman–Crippen LogP) is 16.8. The molecule has 1 unspecified atom stereocenters. The van der Waals surface area contributed by atoms with Gasteiger partial charge in [-0.1, -0.05) is 177 Å². The molecule has 0 radical (unpaired) electrons. The summed E-state index contributed by atoms with van der Waals surface area (Å²) >= 11 is 0. The van der Waals surface area contributed by atoms with E-state index >= 15 is 0 Å². The molecule has 1 atom stereocenters. The van der Waals surface area contributed by atoms with Crippen LogP contribution in [-0.4, -0.2) is 9.97 Å². The van der Waals surface area contributed by atoms with Crippen molar-refractivity contribution in [2.75, 3.05) is 0 Å². The molecule has 1 spiro atoms. The normalized spacial score (nSPS) is 16.0. The average molecular weight is 863 g/mol. The first-order chi connectivity index (χ1) is 33.6. The Morgan fingerprint density at radius 1 is 0.324 bits per heavy atom. The van der Waals surface area contributed by atoms with Crippen LogP contribution >= 0.6 is 0 Å². The Balaban J connectivity index is 0.980. The van der Waals surface area contributed by atoms with Gasteiger partial charge in [-0.05, 0) is 154 Å². The fourth-order valence-electron chi connectivity index (χ4n) is 13.8. The second-order valence-electron chi connectivity index (χ2n) is 19.9. The van der Waals surface area contributed by atoms with Crippen molar-refractivity contribution in [2.24, 2.45) is 0 Å². The first-order valence-corrected chi connectivity index (χ1v) is 24.0. The standard InChI is InChI=1S/C66H42N2/c1-65(57-35-61-53(33-49(57)48-29-27-39-17-5-6-19-43(39)63(48)65)51-31-40(28-30-60(51)68-61)38-15-3-2-4-16-38)37-41-32-54-50-34-52-46-22-11-14-26-59(46)67-62(52)36-58(50)66(64(54)47-23-8-7-18-42(41)47)55-24-12-9-20-44(55)45-21-10-13-25-56(45)66/h2-36,67-68H,37H2,1H3. The lowest BCUT2D eigenvalue weighted by Crippen LogP contribution is -2.27. The number of hydrogen-bond acceptors (Lipinski definition) is 0. The summed E-state index contributed by atoms with van der Waals surface area (Å²) in [7, 11) is 0. The Morgan fingerprint density at radius 3 is 1.69 bits per heavy atom. The molecular formula is C66H42N2.